The van der Waals surface area contributed by atoms with Crippen molar-refractivity contribution in [1.82, 2.24) is 10.6 Å². The Labute approximate surface area is 73.9 Å². The molecule has 1 saturated heterocycles. The van der Waals surface area contributed by atoms with Gasteiger partial charge >= 0.3 is 0 Å². The summed E-state index contributed by atoms with van der Waals surface area (Å²) in [6, 6.07) is 0.455. The van der Waals surface area contributed by atoms with Gasteiger partial charge in [0.25, 0.3) is 0 Å². The molecule has 1 unspecified atom stereocenters. The van der Waals surface area contributed by atoms with Crippen LogP contribution >= 0.6 is 0 Å². The van der Waals surface area contributed by atoms with Gasteiger partial charge in [-0.2, -0.15) is 0 Å². The van der Waals surface area contributed by atoms with Crippen LogP contribution in [0.15, 0.2) is 0 Å². The van der Waals surface area contributed by atoms with E-state index in [1.54, 1.807) is 0 Å². The third-order valence-corrected chi connectivity index (χ3v) is 2.24. The van der Waals surface area contributed by atoms with Gasteiger partial charge in [0, 0.05) is 12.5 Å². The van der Waals surface area contributed by atoms with Gasteiger partial charge in [0.2, 0.25) is 5.91 Å². The quantitative estimate of drug-likeness (QED) is 0.595. The average Bonchev–Trinajstić information content (AvgIpc) is 2.45. The van der Waals surface area contributed by atoms with Crippen molar-refractivity contribution in [2.45, 2.75) is 38.6 Å². The van der Waals surface area contributed by atoms with E-state index >= 15 is 0 Å². The first-order chi connectivity index (χ1) is 5.83. The maximum Gasteiger partial charge on any atom is 0.220 e. The van der Waals surface area contributed by atoms with Crippen molar-refractivity contribution in [2.75, 3.05) is 13.1 Å². The molecule has 3 nitrogen and oxygen atoms in total. The minimum Gasteiger partial charge on any atom is -0.353 e. The van der Waals surface area contributed by atoms with E-state index in [2.05, 4.69) is 17.6 Å². The van der Waals surface area contributed by atoms with Gasteiger partial charge < -0.3 is 10.6 Å². The smallest absolute Gasteiger partial charge is 0.220 e. The molecule has 2 N–H and O–H groups in total. The summed E-state index contributed by atoms with van der Waals surface area (Å²) >= 11 is 0. The maximum atomic E-state index is 10.8. The first kappa shape index (κ1) is 9.52. The summed E-state index contributed by atoms with van der Waals surface area (Å²) < 4.78 is 0. The highest BCUT2D eigenvalue weighted by Crippen LogP contribution is 2.10. The lowest BCUT2D eigenvalue weighted by Crippen LogP contribution is -2.26. The second-order valence-corrected chi connectivity index (χ2v) is 3.30. The van der Waals surface area contributed by atoms with Crippen LogP contribution in [0.4, 0.5) is 0 Å². The van der Waals surface area contributed by atoms with Crippen LogP contribution in [0, 0.1) is 0 Å². The summed E-state index contributed by atoms with van der Waals surface area (Å²) in [6.45, 7) is 4.22. The highest BCUT2D eigenvalue weighted by Gasteiger charge is 2.19. The van der Waals surface area contributed by atoms with Crippen molar-refractivity contribution in [1.29, 1.82) is 0 Å². The molecule has 12 heavy (non-hydrogen) atoms. The molecule has 1 aliphatic rings. The summed E-state index contributed by atoms with van der Waals surface area (Å²) in [5, 5.41) is 6.23. The molecule has 0 saturated carbocycles. The van der Waals surface area contributed by atoms with E-state index in [0.717, 1.165) is 32.4 Å². The van der Waals surface area contributed by atoms with Crippen LogP contribution in [0.25, 0.3) is 0 Å². The normalized spacial score (nSPS) is 22.8. The molecule has 1 atom stereocenters. The molecule has 0 aromatic rings. The Morgan fingerprint density at radius 3 is 3.08 bits per heavy atom. The Morgan fingerprint density at radius 2 is 2.50 bits per heavy atom. The first-order valence-electron chi connectivity index (χ1n) is 4.83. The number of amides is 1. The predicted octanol–water partition coefficient (Wildman–Crippen LogP) is 0.655. The minimum absolute atomic E-state index is 0.225. The summed E-state index contributed by atoms with van der Waals surface area (Å²) in [5.74, 6) is 0.225. The summed E-state index contributed by atoms with van der Waals surface area (Å²) in [5.41, 5.74) is 0. The zero-order valence-electron chi connectivity index (χ0n) is 7.73. The minimum atomic E-state index is 0.225. The zero-order chi connectivity index (χ0) is 8.81. The van der Waals surface area contributed by atoms with E-state index in [9.17, 15) is 4.79 Å². The Balaban J connectivity index is 1.97. The maximum absolute atomic E-state index is 10.8. The third kappa shape index (κ3) is 3.22. The van der Waals surface area contributed by atoms with Gasteiger partial charge in [0.1, 0.15) is 0 Å². The summed E-state index contributed by atoms with van der Waals surface area (Å²) in [4.78, 5) is 10.8. The van der Waals surface area contributed by atoms with E-state index in [4.69, 9.17) is 0 Å². The van der Waals surface area contributed by atoms with Gasteiger partial charge in [0.15, 0.2) is 0 Å². The van der Waals surface area contributed by atoms with Crippen LogP contribution in [-0.4, -0.2) is 25.0 Å². The van der Waals surface area contributed by atoms with E-state index in [1.807, 2.05) is 0 Å². The van der Waals surface area contributed by atoms with Crippen LogP contribution in [0.3, 0.4) is 0 Å². The second kappa shape index (κ2) is 5.14. The van der Waals surface area contributed by atoms with Gasteiger partial charge in [-0.1, -0.05) is 6.92 Å². The highest BCUT2D eigenvalue weighted by molar-refractivity contribution is 5.78. The summed E-state index contributed by atoms with van der Waals surface area (Å²) in [7, 11) is 0. The molecule has 0 spiro atoms. The lowest BCUT2D eigenvalue weighted by atomic mass is 10.1. The highest BCUT2D eigenvalue weighted by atomic mass is 16.1. The fourth-order valence-electron chi connectivity index (χ4n) is 1.54. The van der Waals surface area contributed by atoms with Crippen LogP contribution in [0.1, 0.15) is 32.6 Å². The Bertz CT molecular complexity index is 147. The molecule has 1 fully saturated rings. The molecule has 0 radical (unpaired) electrons. The summed E-state index contributed by atoms with van der Waals surface area (Å²) in [6.07, 6.45) is 4.05. The third-order valence-electron chi connectivity index (χ3n) is 2.24. The number of nitrogens with one attached hydrogen (secondary N) is 2. The fraction of sp³-hybridized carbons (Fsp3) is 0.889. The lowest BCUT2D eigenvalue weighted by molar-refractivity contribution is -0.119. The second-order valence-electron chi connectivity index (χ2n) is 3.30. The fourth-order valence-corrected chi connectivity index (χ4v) is 1.54. The van der Waals surface area contributed by atoms with Crippen molar-refractivity contribution in [3.63, 3.8) is 0 Å². The predicted molar refractivity (Wildman–Crippen MR) is 48.9 cm³/mol. The molecule has 70 valence electrons. The zero-order valence-corrected chi connectivity index (χ0v) is 7.73. The van der Waals surface area contributed by atoms with E-state index in [1.165, 1.54) is 6.42 Å². The SMILES string of the molecule is CCNCCCC1CCC(=O)N1. The van der Waals surface area contributed by atoms with Gasteiger partial charge in [0.05, 0.1) is 0 Å². The van der Waals surface area contributed by atoms with Gasteiger partial charge in [-0.05, 0) is 32.4 Å². The van der Waals surface area contributed by atoms with Crippen LogP contribution in [0.2, 0.25) is 0 Å². The van der Waals surface area contributed by atoms with Crippen molar-refractivity contribution in [2.24, 2.45) is 0 Å². The van der Waals surface area contributed by atoms with E-state index in [-0.39, 0.29) is 5.91 Å². The van der Waals surface area contributed by atoms with Crippen LogP contribution < -0.4 is 10.6 Å². The van der Waals surface area contributed by atoms with Crippen molar-refractivity contribution >= 4 is 5.91 Å². The number of carbonyl (C=O) groups excluding carboxylic acids is 1. The lowest BCUT2D eigenvalue weighted by Gasteiger charge is -2.08. The van der Waals surface area contributed by atoms with Crippen LogP contribution in [0.5, 0.6) is 0 Å². The monoisotopic (exact) mass is 170 g/mol. The van der Waals surface area contributed by atoms with Crippen molar-refractivity contribution in [3.05, 3.63) is 0 Å². The molecular weight excluding hydrogens is 152 g/mol. The van der Waals surface area contributed by atoms with Gasteiger partial charge in [-0.25, -0.2) is 0 Å². The Kier molecular flexibility index (Phi) is 4.08. The van der Waals surface area contributed by atoms with Crippen molar-refractivity contribution < 1.29 is 4.79 Å². The molecule has 1 rings (SSSR count). The first-order valence-corrected chi connectivity index (χ1v) is 4.83. The number of carbonyl (C=O) groups is 1. The molecular formula is C9H18N2O. The molecule has 0 aliphatic carbocycles. The molecule has 0 aromatic heterocycles. The number of rotatable bonds is 5. The van der Waals surface area contributed by atoms with Crippen molar-refractivity contribution in [3.8, 4) is 0 Å². The number of hydrogen-bond acceptors (Lipinski definition) is 2. The Morgan fingerprint density at radius 1 is 1.67 bits per heavy atom. The molecule has 1 aliphatic heterocycles. The van der Waals surface area contributed by atoms with Gasteiger partial charge in [-0.15, -0.1) is 0 Å². The molecule has 1 amide bonds. The standard InChI is InChI=1S/C9H18N2O/c1-2-10-7-3-4-8-5-6-9(12)11-8/h8,10H,2-7H2,1H3,(H,11,12). The molecule has 3 heteroatoms. The topological polar surface area (TPSA) is 41.1 Å². The largest absolute Gasteiger partial charge is 0.353 e. The van der Waals surface area contributed by atoms with E-state index < -0.39 is 0 Å². The number of hydrogen-bond donors (Lipinski definition) is 2. The Hall–Kier alpha value is -0.570. The molecule has 1 heterocycles. The van der Waals surface area contributed by atoms with Crippen LogP contribution in [-0.2, 0) is 4.79 Å². The van der Waals surface area contributed by atoms with Gasteiger partial charge in [-0.3, -0.25) is 4.79 Å². The average molecular weight is 170 g/mol. The molecule has 0 bridgehead atoms. The molecule has 0 aromatic carbocycles. The van der Waals surface area contributed by atoms with E-state index in [0.29, 0.717) is 6.04 Å².